The van der Waals surface area contributed by atoms with Crippen molar-refractivity contribution in [3.05, 3.63) is 61.0 Å². The number of halogens is 2. The number of anilines is 1. The SMILES string of the molecule is Nc1cc(Br)ccc1S(=O)Cc1ccc([N+](=O)[O-])cc1Br. The lowest BCUT2D eigenvalue weighted by Gasteiger charge is -2.08. The zero-order valence-corrected chi connectivity index (χ0v) is 14.6. The van der Waals surface area contributed by atoms with Gasteiger partial charge in [0.2, 0.25) is 0 Å². The van der Waals surface area contributed by atoms with Crippen molar-refractivity contribution in [2.75, 3.05) is 5.73 Å². The number of nitro groups is 1. The van der Waals surface area contributed by atoms with Crippen molar-refractivity contribution in [2.45, 2.75) is 10.6 Å². The van der Waals surface area contributed by atoms with Crippen LogP contribution in [0.1, 0.15) is 5.56 Å². The molecule has 0 saturated heterocycles. The molecule has 0 aromatic heterocycles. The number of non-ortho nitro benzene ring substituents is 1. The Morgan fingerprint density at radius 1 is 1.19 bits per heavy atom. The van der Waals surface area contributed by atoms with E-state index >= 15 is 0 Å². The van der Waals surface area contributed by atoms with Gasteiger partial charge in [0.25, 0.3) is 5.69 Å². The van der Waals surface area contributed by atoms with Crippen LogP contribution in [0, 0.1) is 10.1 Å². The monoisotopic (exact) mass is 432 g/mol. The van der Waals surface area contributed by atoms with Crippen LogP contribution in [0.15, 0.2) is 50.2 Å². The predicted octanol–water partition coefficient (Wildman–Crippen LogP) is 4.01. The van der Waals surface area contributed by atoms with Gasteiger partial charge in [0.05, 0.1) is 26.4 Å². The maximum atomic E-state index is 12.4. The fourth-order valence-electron chi connectivity index (χ4n) is 1.71. The highest BCUT2D eigenvalue weighted by Gasteiger charge is 2.14. The molecule has 0 heterocycles. The van der Waals surface area contributed by atoms with Gasteiger partial charge in [0.15, 0.2) is 0 Å². The normalized spacial score (nSPS) is 12.1. The van der Waals surface area contributed by atoms with Crippen molar-refractivity contribution >= 4 is 54.0 Å². The minimum absolute atomic E-state index is 0.0143. The highest BCUT2D eigenvalue weighted by Crippen LogP contribution is 2.27. The van der Waals surface area contributed by atoms with Crippen LogP contribution in [0.5, 0.6) is 0 Å². The molecule has 0 aliphatic carbocycles. The second-order valence-corrected chi connectivity index (χ2v) is 7.39. The smallest absolute Gasteiger partial charge is 0.270 e. The molecule has 2 N–H and O–H groups in total. The zero-order valence-electron chi connectivity index (χ0n) is 10.6. The maximum Gasteiger partial charge on any atom is 0.270 e. The summed E-state index contributed by atoms with van der Waals surface area (Å²) in [6.07, 6.45) is 0. The van der Waals surface area contributed by atoms with Crippen LogP contribution in [0.2, 0.25) is 0 Å². The molecule has 0 aliphatic rings. The molecule has 8 heteroatoms. The molecule has 0 aliphatic heterocycles. The van der Waals surface area contributed by atoms with Crippen molar-refractivity contribution in [3.63, 3.8) is 0 Å². The first-order valence-corrected chi connectivity index (χ1v) is 8.65. The van der Waals surface area contributed by atoms with Gasteiger partial charge in [-0.15, -0.1) is 0 Å². The van der Waals surface area contributed by atoms with Crippen molar-refractivity contribution in [3.8, 4) is 0 Å². The van der Waals surface area contributed by atoms with Crippen molar-refractivity contribution < 1.29 is 9.13 Å². The summed E-state index contributed by atoms with van der Waals surface area (Å²) in [4.78, 5) is 10.8. The fourth-order valence-corrected chi connectivity index (χ4v) is 4.02. The summed E-state index contributed by atoms with van der Waals surface area (Å²) >= 11 is 6.56. The summed E-state index contributed by atoms with van der Waals surface area (Å²) in [5.41, 5.74) is 7.01. The van der Waals surface area contributed by atoms with E-state index in [9.17, 15) is 14.3 Å². The maximum absolute atomic E-state index is 12.4. The summed E-state index contributed by atoms with van der Waals surface area (Å²) in [7, 11) is -1.33. The Kier molecular flexibility index (Phi) is 5.13. The van der Waals surface area contributed by atoms with Gasteiger partial charge >= 0.3 is 0 Å². The Bertz CT molecular complexity index is 737. The Balaban J connectivity index is 2.25. The number of hydrogen-bond donors (Lipinski definition) is 1. The van der Waals surface area contributed by atoms with Gasteiger partial charge in [-0.05, 0) is 23.8 Å². The van der Waals surface area contributed by atoms with Gasteiger partial charge in [-0.25, -0.2) is 0 Å². The molecule has 0 saturated carbocycles. The lowest BCUT2D eigenvalue weighted by atomic mass is 10.2. The molecule has 0 spiro atoms. The second kappa shape index (κ2) is 6.67. The molecule has 0 bridgehead atoms. The first-order chi connectivity index (χ1) is 9.88. The molecule has 110 valence electrons. The minimum Gasteiger partial charge on any atom is -0.398 e. The van der Waals surface area contributed by atoms with Crippen LogP contribution in [0.4, 0.5) is 11.4 Å². The molecular weight excluding hydrogens is 424 g/mol. The lowest BCUT2D eigenvalue weighted by Crippen LogP contribution is -2.02. The van der Waals surface area contributed by atoms with Crippen molar-refractivity contribution in [1.29, 1.82) is 0 Å². The summed E-state index contributed by atoms with van der Waals surface area (Å²) < 4.78 is 13.8. The predicted molar refractivity (Wildman–Crippen MR) is 89.5 cm³/mol. The van der Waals surface area contributed by atoms with E-state index in [0.29, 0.717) is 15.1 Å². The molecule has 2 aromatic rings. The Morgan fingerprint density at radius 3 is 2.48 bits per heavy atom. The van der Waals surface area contributed by atoms with Crippen LogP contribution < -0.4 is 5.73 Å². The van der Waals surface area contributed by atoms with E-state index in [1.54, 1.807) is 24.3 Å². The number of nitrogens with zero attached hydrogens (tertiary/aromatic N) is 1. The number of nitrogen functional groups attached to an aromatic ring is 1. The molecule has 1 atom stereocenters. The van der Waals surface area contributed by atoms with E-state index in [1.165, 1.54) is 12.1 Å². The van der Waals surface area contributed by atoms with Crippen LogP contribution >= 0.6 is 31.9 Å². The van der Waals surface area contributed by atoms with E-state index in [2.05, 4.69) is 31.9 Å². The minimum atomic E-state index is -1.33. The van der Waals surface area contributed by atoms with E-state index in [4.69, 9.17) is 5.73 Å². The first kappa shape index (κ1) is 16.1. The molecule has 1 unspecified atom stereocenters. The number of rotatable bonds is 4. The molecular formula is C13H10Br2N2O3S. The Labute approximate surface area is 140 Å². The standard InChI is InChI=1S/C13H10Br2N2O3S/c14-9-2-4-13(12(16)5-9)21(20)7-8-1-3-10(17(18)19)6-11(8)15/h1-6H,7,16H2. The van der Waals surface area contributed by atoms with Crippen LogP contribution in [0.25, 0.3) is 0 Å². The first-order valence-electron chi connectivity index (χ1n) is 5.74. The molecule has 0 fully saturated rings. The highest BCUT2D eigenvalue weighted by molar-refractivity contribution is 9.10. The summed E-state index contributed by atoms with van der Waals surface area (Å²) in [6.45, 7) is 0. The number of benzene rings is 2. The Morgan fingerprint density at radius 2 is 1.90 bits per heavy atom. The van der Waals surface area contributed by atoms with Gasteiger partial charge in [0.1, 0.15) is 0 Å². The topological polar surface area (TPSA) is 86.2 Å². The molecule has 0 radical (unpaired) electrons. The van der Waals surface area contributed by atoms with Crippen LogP contribution in [0.3, 0.4) is 0 Å². The lowest BCUT2D eigenvalue weighted by molar-refractivity contribution is -0.384. The number of nitro benzene ring substituents is 1. The molecule has 5 nitrogen and oxygen atoms in total. The summed E-state index contributed by atoms with van der Waals surface area (Å²) in [5, 5.41) is 10.7. The molecule has 21 heavy (non-hydrogen) atoms. The van der Waals surface area contributed by atoms with Crippen molar-refractivity contribution in [1.82, 2.24) is 0 Å². The van der Waals surface area contributed by atoms with Gasteiger partial charge in [-0.3, -0.25) is 14.3 Å². The largest absolute Gasteiger partial charge is 0.398 e. The fraction of sp³-hybridized carbons (Fsp3) is 0.0769. The van der Waals surface area contributed by atoms with Gasteiger partial charge in [-0.2, -0.15) is 0 Å². The Hall–Kier alpha value is -1.25. The van der Waals surface area contributed by atoms with E-state index < -0.39 is 15.7 Å². The quantitative estimate of drug-likeness (QED) is 0.448. The van der Waals surface area contributed by atoms with E-state index in [1.807, 2.05) is 0 Å². The van der Waals surface area contributed by atoms with Crippen LogP contribution in [-0.2, 0) is 16.6 Å². The molecule has 2 rings (SSSR count). The average Bonchev–Trinajstić information content (AvgIpc) is 2.40. The van der Waals surface area contributed by atoms with E-state index in [-0.39, 0.29) is 11.4 Å². The summed E-state index contributed by atoms with van der Waals surface area (Å²) in [5.74, 6) is 0.227. The van der Waals surface area contributed by atoms with Crippen LogP contribution in [-0.4, -0.2) is 9.13 Å². The second-order valence-electron chi connectivity index (χ2n) is 4.20. The zero-order chi connectivity index (χ0) is 15.6. The number of nitrogens with two attached hydrogens (primary N) is 1. The third-order valence-corrected chi connectivity index (χ3v) is 5.42. The molecule has 2 aromatic carbocycles. The number of hydrogen-bond acceptors (Lipinski definition) is 4. The third kappa shape index (κ3) is 3.90. The highest BCUT2D eigenvalue weighted by atomic mass is 79.9. The van der Waals surface area contributed by atoms with Gasteiger partial charge < -0.3 is 5.73 Å². The third-order valence-electron chi connectivity index (χ3n) is 2.75. The van der Waals surface area contributed by atoms with Gasteiger partial charge in [-0.1, -0.05) is 37.9 Å². The van der Waals surface area contributed by atoms with Gasteiger partial charge in [0, 0.05) is 26.8 Å². The average molecular weight is 434 g/mol. The van der Waals surface area contributed by atoms with E-state index in [0.717, 1.165) is 10.0 Å². The summed E-state index contributed by atoms with van der Waals surface area (Å²) in [6, 6.07) is 9.55. The van der Waals surface area contributed by atoms with Crippen molar-refractivity contribution in [2.24, 2.45) is 0 Å². The molecule has 0 amide bonds.